The van der Waals surface area contributed by atoms with Crippen LogP contribution in [0.1, 0.15) is 51.8 Å². The third-order valence-electron chi connectivity index (χ3n) is 5.91. The topological polar surface area (TPSA) is 100 Å². The van der Waals surface area contributed by atoms with E-state index >= 15 is 0 Å². The van der Waals surface area contributed by atoms with Crippen molar-refractivity contribution in [2.24, 2.45) is 5.41 Å². The zero-order valence-electron chi connectivity index (χ0n) is 22.8. The molecule has 200 valence electrons. The van der Waals surface area contributed by atoms with Gasteiger partial charge in [-0.1, -0.05) is 42.5 Å². The molecule has 9 heteroatoms. The Morgan fingerprint density at radius 1 is 1.00 bits per heavy atom. The number of nitrogens with one attached hydrogen (secondary N) is 1. The van der Waals surface area contributed by atoms with Gasteiger partial charge in [-0.3, -0.25) is 4.79 Å². The number of ether oxygens (including phenoxy) is 3. The summed E-state index contributed by atoms with van der Waals surface area (Å²) < 4.78 is 19.2. The number of fused-ring (bicyclic) bond motifs is 1. The Labute approximate surface area is 223 Å². The predicted molar refractivity (Wildman–Crippen MR) is 146 cm³/mol. The molecule has 0 aliphatic carbocycles. The van der Waals surface area contributed by atoms with Gasteiger partial charge < -0.3 is 24.1 Å². The minimum Gasteiger partial charge on any atom is -0.471 e. The van der Waals surface area contributed by atoms with Gasteiger partial charge in [0.15, 0.2) is 11.2 Å². The number of hydrogen-bond acceptors (Lipinski definition) is 8. The van der Waals surface area contributed by atoms with E-state index in [1.807, 2.05) is 55.7 Å². The van der Waals surface area contributed by atoms with Gasteiger partial charge >= 0.3 is 5.97 Å². The van der Waals surface area contributed by atoms with Crippen LogP contribution in [0.2, 0.25) is 0 Å². The molecule has 0 bridgehead atoms. The van der Waals surface area contributed by atoms with Gasteiger partial charge in [0.25, 0.3) is 0 Å². The number of benzene rings is 2. The third kappa shape index (κ3) is 6.66. The summed E-state index contributed by atoms with van der Waals surface area (Å²) in [7, 11) is 1.65. The van der Waals surface area contributed by atoms with Crippen LogP contribution in [0.15, 0.2) is 60.9 Å². The van der Waals surface area contributed by atoms with Crippen molar-refractivity contribution in [3.8, 4) is 11.6 Å². The lowest BCUT2D eigenvalue weighted by Gasteiger charge is -2.18. The summed E-state index contributed by atoms with van der Waals surface area (Å²) in [5.41, 5.74) is 2.70. The molecule has 2 heterocycles. The average Bonchev–Trinajstić information content (AvgIpc) is 3.32. The molecule has 0 amide bonds. The first kappa shape index (κ1) is 27.1. The first-order valence-electron chi connectivity index (χ1n) is 12.7. The van der Waals surface area contributed by atoms with Crippen LogP contribution in [0.25, 0.3) is 11.2 Å². The van der Waals surface area contributed by atoms with Crippen LogP contribution in [0.4, 0.5) is 5.95 Å². The Morgan fingerprint density at radius 2 is 1.71 bits per heavy atom. The molecule has 1 N–H and O–H groups in total. The van der Waals surface area contributed by atoms with Crippen molar-refractivity contribution in [2.75, 3.05) is 12.4 Å². The fourth-order valence-electron chi connectivity index (χ4n) is 3.66. The number of imidazole rings is 1. The monoisotopic (exact) mass is 517 g/mol. The SMILES string of the molecule is COC(Cc1ccccc1)Nc1nc(OCc2ccc(OC(=O)C(C)(C)C)cc2)c2ncn(C(C)C)c2n1. The highest BCUT2D eigenvalue weighted by Crippen LogP contribution is 2.27. The molecule has 4 rings (SSSR count). The molecule has 2 aromatic heterocycles. The molecule has 38 heavy (non-hydrogen) atoms. The highest BCUT2D eigenvalue weighted by molar-refractivity contribution is 5.78. The van der Waals surface area contributed by atoms with Gasteiger partial charge in [-0.2, -0.15) is 9.97 Å². The van der Waals surface area contributed by atoms with Crippen molar-refractivity contribution in [2.45, 2.75) is 59.9 Å². The second kappa shape index (κ2) is 11.6. The lowest BCUT2D eigenvalue weighted by molar-refractivity contribution is -0.143. The van der Waals surface area contributed by atoms with E-state index in [0.717, 1.165) is 11.1 Å². The quantitative estimate of drug-likeness (QED) is 0.166. The standard InChI is InChI=1S/C29H35N5O4/c1-19(2)34-18-30-24-25(34)32-28(31-23(36-6)16-20-10-8-7-9-11-20)33-26(24)37-17-21-12-14-22(15-13-21)38-27(35)29(3,4)5/h7-15,18-19,23H,16-17H2,1-6H3,(H,31,32,33). The summed E-state index contributed by atoms with van der Waals surface area (Å²) in [5.74, 6) is 0.966. The summed E-state index contributed by atoms with van der Waals surface area (Å²) in [6, 6.07) is 17.5. The van der Waals surface area contributed by atoms with Gasteiger partial charge in [-0.25, -0.2) is 4.98 Å². The van der Waals surface area contributed by atoms with Crippen LogP contribution >= 0.6 is 0 Å². The molecule has 1 unspecified atom stereocenters. The summed E-state index contributed by atoms with van der Waals surface area (Å²) in [6.07, 6.45) is 2.06. The van der Waals surface area contributed by atoms with E-state index in [1.165, 1.54) is 0 Å². The van der Waals surface area contributed by atoms with Gasteiger partial charge in [0, 0.05) is 19.6 Å². The molecule has 0 spiro atoms. The Morgan fingerprint density at radius 3 is 2.34 bits per heavy atom. The zero-order chi connectivity index (χ0) is 27.3. The van der Waals surface area contributed by atoms with Gasteiger partial charge in [0.2, 0.25) is 11.8 Å². The molecule has 0 aliphatic heterocycles. The molecule has 0 saturated carbocycles. The lowest BCUT2D eigenvalue weighted by atomic mass is 9.97. The van der Waals surface area contributed by atoms with Crippen LogP contribution in [0.3, 0.4) is 0 Å². The van der Waals surface area contributed by atoms with Crippen molar-refractivity contribution in [1.82, 2.24) is 19.5 Å². The molecule has 9 nitrogen and oxygen atoms in total. The Balaban J connectivity index is 1.54. The smallest absolute Gasteiger partial charge is 0.316 e. The summed E-state index contributed by atoms with van der Waals surface area (Å²) >= 11 is 0. The van der Waals surface area contributed by atoms with Crippen molar-refractivity contribution in [3.63, 3.8) is 0 Å². The van der Waals surface area contributed by atoms with E-state index in [4.69, 9.17) is 19.2 Å². The first-order valence-corrected chi connectivity index (χ1v) is 12.7. The number of esters is 1. The largest absolute Gasteiger partial charge is 0.471 e. The van der Waals surface area contributed by atoms with E-state index in [9.17, 15) is 4.79 Å². The lowest BCUT2D eigenvalue weighted by Crippen LogP contribution is -2.25. The zero-order valence-corrected chi connectivity index (χ0v) is 22.8. The number of nitrogens with zero attached hydrogens (tertiary/aromatic N) is 4. The molecule has 2 aromatic carbocycles. The molecular weight excluding hydrogens is 482 g/mol. The van der Waals surface area contributed by atoms with Crippen LogP contribution in [-0.2, 0) is 22.6 Å². The highest BCUT2D eigenvalue weighted by atomic mass is 16.5. The van der Waals surface area contributed by atoms with E-state index in [1.54, 1.807) is 25.6 Å². The molecule has 4 aromatic rings. The van der Waals surface area contributed by atoms with Gasteiger partial charge in [-0.05, 0) is 57.9 Å². The molecule has 0 saturated heterocycles. The maximum atomic E-state index is 12.2. The molecule has 0 radical (unpaired) electrons. The normalized spacial score (nSPS) is 12.5. The average molecular weight is 518 g/mol. The fourth-order valence-corrected chi connectivity index (χ4v) is 3.66. The van der Waals surface area contributed by atoms with Crippen molar-refractivity contribution < 1.29 is 19.0 Å². The van der Waals surface area contributed by atoms with Crippen LogP contribution in [0.5, 0.6) is 11.6 Å². The number of aromatic nitrogens is 4. The number of methoxy groups -OCH3 is 1. The highest BCUT2D eigenvalue weighted by Gasteiger charge is 2.24. The molecular formula is C29H35N5O4. The number of carbonyl (C=O) groups is 1. The second-order valence-corrected chi connectivity index (χ2v) is 10.4. The van der Waals surface area contributed by atoms with Gasteiger partial charge in [-0.15, -0.1) is 0 Å². The van der Waals surface area contributed by atoms with Crippen LogP contribution < -0.4 is 14.8 Å². The van der Waals surface area contributed by atoms with E-state index in [-0.39, 0.29) is 24.8 Å². The molecule has 0 aliphatic rings. The number of rotatable bonds is 10. The first-order chi connectivity index (χ1) is 18.1. The van der Waals surface area contributed by atoms with Gasteiger partial charge in [0.1, 0.15) is 18.6 Å². The Hall–Kier alpha value is -3.98. The second-order valence-electron chi connectivity index (χ2n) is 10.4. The number of anilines is 1. The van der Waals surface area contributed by atoms with E-state index in [0.29, 0.717) is 35.2 Å². The number of hydrogen-bond donors (Lipinski definition) is 1. The summed E-state index contributed by atoms with van der Waals surface area (Å²) in [5, 5.41) is 3.29. The van der Waals surface area contributed by atoms with Crippen molar-refractivity contribution >= 4 is 23.1 Å². The summed E-state index contributed by atoms with van der Waals surface area (Å²) in [6.45, 7) is 9.85. The third-order valence-corrected chi connectivity index (χ3v) is 5.91. The maximum Gasteiger partial charge on any atom is 0.316 e. The minimum atomic E-state index is -0.575. The molecule has 0 fully saturated rings. The van der Waals surface area contributed by atoms with Crippen LogP contribution in [0, 0.1) is 5.41 Å². The Bertz CT molecular complexity index is 1360. The van der Waals surface area contributed by atoms with E-state index in [2.05, 4.69) is 41.3 Å². The van der Waals surface area contributed by atoms with Gasteiger partial charge in [0.05, 0.1) is 11.7 Å². The van der Waals surface area contributed by atoms with E-state index < -0.39 is 5.41 Å². The number of carbonyl (C=O) groups excluding carboxylic acids is 1. The molecule has 1 atom stereocenters. The van der Waals surface area contributed by atoms with Crippen molar-refractivity contribution in [1.29, 1.82) is 0 Å². The van der Waals surface area contributed by atoms with Crippen LogP contribution in [-0.4, -0.2) is 38.8 Å². The van der Waals surface area contributed by atoms with Crippen molar-refractivity contribution in [3.05, 3.63) is 72.1 Å². The fraction of sp³-hybridized carbons (Fsp3) is 0.379. The predicted octanol–water partition coefficient (Wildman–Crippen LogP) is 5.56. The minimum absolute atomic E-state index is 0.154. The maximum absolute atomic E-state index is 12.2. The Kier molecular flexibility index (Phi) is 8.26. The summed E-state index contributed by atoms with van der Waals surface area (Å²) in [4.78, 5) is 26.0.